The molecule has 0 spiro atoms. The number of hydrogen-bond acceptors (Lipinski definition) is 6. The van der Waals surface area contributed by atoms with Gasteiger partial charge in [0, 0.05) is 6.42 Å². The molecule has 0 aliphatic carbocycles. The second-order valence-electron chi connectivity index (χ2n) is 17.4. The third-order valence-corrected chi connectivity index (χ3v) is 11.4. The lowest BCUT2D eigenvalue weighted by Gasteiger charge is -2.30. The number of allylic oxidation sites excluding steroid dienone is 12. The fourth-order valence-electron chi connectivity index (χ4n) is 6.63. The number of rotatable bonds is 43. The van der Waals surface area contributed by atoms with Gasteiger partial charge in [0.2, 0.25) is 5.91 Å². The number of nitrogens with zero attached hydrogens (tertiary/aromatic N) is 1. The second-order valence-corrected chi connectivity index (χ2v) is 18.8. The smallest absolute Gasteiger partial charge is 0.268 e. The van der Waals surface area contributed by atoms with Crippen molar-refractivity contribution in [1.82, 2.24) is 5.32 Å². The Morgan fingerprint density at radius 3 is 1.48 bits per heavy atom. The minimum Gasteiger partial charge on any atom is -0.756 e. The monoisotopic (exact) mass is 861 g/mol. The maximum absolute atomic E-state index is 12.8. The number of aliphatic hydroxyl groups is 1. The van der Waals surface area contributed by atoms with Crippen molar-refractivity contribution in [2.24, 2.45) is 0 Å². The SMILES string of the molecule is CC/C=C\C/C=C\C/C=C\C/C=C\C/C=C\C/C=C\CCCCCCCCCCCCCCC(=O)NC(COP(=O)([O-])OCC[N+](C)(C)C)C(O)CCCCCCCCC. The van der Waals surface area contributed by atoms with Crippen LogP contribution in [0.15, 0.2) is 72.9 Å². The molecule has 60 heavy (non-hydrogen) atoms. The zero-order chi connectivity index (χ0) is 44.3. The molecule has 0 fully saturated rings. The lowest BCUT2D eigenvalue weighted by Crippen LogP contribution is -2.46. The van der Waals surface area contributed by atoms with Crippen LogP contribution in [0.5, 0.6) is 0 Å². The summed E-state index contributed by atoms with van der Waals surface area (Å²) in [5, 5.41) is 13.8. The molecule has 1 amide bonds. The summed E-state index contributed by atoms with van der Waals surface area (Å²) in [7, 11) is 1.29. The number of aliphatic hydroxyl groups excluding tert-OH is 1. The molecule has 0 aliphatic heterocycles. The Morgan fingerprint density at radius 1 is 0.600 bits per heavy atom. The summed E-state index contributed by atoms with van der Waals surface area (Å²) in [6, 6.07) is -0.801. The zero-order valence-electron chi connectivity index (χ0n) is 39.4. The predicted molar refractivity (Wildman–Crippen MR) is 256 cm³/mol. The number of carbonyl (C=O) groups excluding carboxylic acids is 1. The lowest BCUT2D eigenvalue weighted by atomic mass is 10.0. The van der Waals surface area contributed by atoms with Crippen LogP contribution >= 0.6 is 7.82 Å². The van der Waals surface area contributed by atoms with E-state index >= 15 is 0 Å². The van der Waals surface area contributed by atoms with Gasteiger partial charge in [-0.3, -0.25) is 9.36 Å². The summed E-state index contributed by atoms with van der Waals surface area (Å²) in [4.78, 5) is 25.2. The first-order chi connectivity index (χ1) is 29.0. The molecule has 2 N–H and O–H groups in total. The van der Waals surface area contributed by atoms with Gasteiger partial charge in [0.25, 0.3) is 7.82 Å². The standard InChI is InChI=1S/C51H93N2O6P/c1-6-8-10-12-14-15-16-17-18-19-20-21-22-23-24-25-26-27-28-29-30-31-32-33-34-35-36-37-39-41-43-45-51(55)52-49(50(54)44-42-40-38-13-11-9-7-2)48-59-60(56,57)58-47-46-53(3,4)5/h8,10,14-15,17-18,20-21,23-24,26-27,49-50,54H,6-7,9,11-13,16,19,22,25,28-48H2,1-5H3,(H-,52,55,56,57)/b10-8-,15-14-,18-17-,21-20-,24-23-,27-26-. The Bertz CT molecular complexity index is 1200. The maximum Gasteiger partial charge on any atom is 0.268 e. The number of unbranched alkanes of at least 4 members (excludes halogenated alkanes) is 18. The summed E-state index contributed by atoms with van der Waals surface area (Å²) >= 11 is 0. The molecule has 0 heterocycles. The number of quaternary nitrogens is 1. The molecule has 3 atom stereocenters. The minimum absolute atomic E-state index is 0.00866. The van der Waals surface area contributed by atoms with E-state index in [9.17, 15) is 19.4 Å². The Kier molecular flexibility index (Phi) is 40.8. The van der Waals surface area contributed by atoms with E-state index < -0.39 is 20.0 Å². The molecular weight excluding hydrogens is 768 g/mol. The van der Waals surface area contributed by atoms with E-state index in [-0.39, 0.29) is 19.1 Å². The van der Waals surface area contributed by atoms with E-state index in [1.807, 2.05) is 21.1 Å². The first kappa shape index (κ1) is 57.9. The van der Waals surface area contributed by atoms with Crippen LogP contribution in [0.25, 0.3) is 0 Å². The second kappa shape index (κ2) is 42.3. The van der Waals surface area contributed by atoms with Crippen molar-refractivity contribution in [2.45, 2.75) is 206 Å². The highest BCUT2D eigenvalue weighted by Crippen LogP contribution is 2.38. The average molecular weight is 861 g/mol. The quantitative estimate of drug-likeness (QED) is 0.0274. The first-order valence-electron chi connectivity index (χ1n) is 24.3. The van der Waals surface area contributed by atoms with Gasteiger partial charge in [-0.15, -0.1) is 0 Å². The van der Waals surface area contributed by atoms with Crippen LogP contribution in [-0.4, -0.2) is 68.5 Å². The highest BCUT2D eigenvalue weighted by Gasteiger charge is 2.24. The molecule has 0 bridgehead atoms. The van der Waals surface area contributed by atoms with Crippen LogP contribution in [0.2, 0.25) is 0 Å². The van der Waals surface area contributed by atoms with Crippen LogP contribution in [0.4, 0.5) is 0 Å². The molecule has 0 saturated carbocycles. The number of carbonyl (C=O) groups is 1. The van der Waals surface area contributed by atoms with Gasteiger partial charge in [-0.05, 0) is 64.2 Å². The predicted octanol–water partition coefficient (Wildman–Crippen LogP) is 13.3. The number of amides is 1. The largest absolute Gasteiger partial charge is 0.756 e. The number of hydrogen-bond donors (Lipinski definition) is 2. The molecule has 8 nitrogen and oxygen atoms in total. The number of phosphoric ester groups is 1. The molecule has 3 unspecified atom stereocenters. The first-order valence-corrected chi connectivity index (χ1v) is 25.7. The molecule has 348 valence electrons. The summed E-state index contributed by atoms with van der Waals surface area (Å²) in [6.45, 7) is 4.54. The molecule has 0 saturated heterocycles. The van der Waals surface area contributed by atoms with Crippen molar-refractivity contribution < 1.29 is 32.9 Å². The number of nitrogens with one attached hydrogen (secondary N) is 1. The van der Waals surface area contributed by atoms with Gasteiger partial charge in [-0.1, -0.05) is 196 Å². The molecular formula is C51H93N2O6P. The molecule has 0 rings (SSSR count). The topological polar surface area (TPSA) is 108 Å². The van der Waals surface area contributed by atoms with Crippen molar-refractivity contribution in [3.05, 3.63) is 72.9 Å². The van der Waals surface area contributed by atoms with Gasteiger partial charge in [0.05, 0.1) is 39.9 Å². The summed E-state index contributed by atoms with van der Waals surface area (Å²) < 4.78 is 23.2. The van der Waals surface area contributed by atoms with E-state index in [2.05, 4.69) is 92.1 Å². The van der Waals surface area contributed by atoms with Gasteiger partial charge < -0.3 is 28.8 Å². The van der Waals surface area contributed by atoms with Crippen molar-refractivity contribution in [3.8, 4) is 0 Å². The summed E-state index contributed by atoms with van der Waals surface area (Å²) in [5.41, 5.74) is 0. The fraction of sp³-hybridized carbons (Fsp3) is 0.745. The summed E-state index contributed by atoms with van der Waals surface area (Å²) in [5.74, 6) is -0.175. The van der Waals surface area contributed by atoms with Crippen LogP contribution < -0.4 is 10.2 Å². The van der Waals surface area contributed by atoms with E-state index in [1.165, 1.54) is 89.9 Å². The number of phosphoric acid groups is 1. The van der Waals surface area contributed by atoms with Crippen molar-refractivity contribution in [2.75, 3.05) is 40.9 Å². The van der Waals surface area contributed by atoms with Gasteiger partial charge in [-0.25, -0.2) is 0 Å². The van der Waals surface area contributed by atoms with Crippen LogP contribution in [-0.2, 0) is 18.4 Å². The van der Waals surface area contributed by atoms with Gasteiger partial charge in [0.1, 0.15) is 13.2 Å². The molecule has 0 aromatic carbocycles. The van der Waals surface area contributed by atoms with Crippen LogP contribution in [0, 0.1) is 0 Å². The Morgan fingerprint density at radius 2 is 1.02 bits per heavy atom. The van der Waals surface area contributed by atoms with Crippen molar-refractivity contribution in [3.63, 3.8) is 0 Å². The Balaban J connectivity index is 4.01. The Hall–Kier alpha value is -2.06. The summed E-state index contributed by atoms with van der Waals surface area (Å²) in [6.07, 6.45) is 56.6. The fourth-order valence-corrected chi connectivity index (χ4v) is 7.35. The minimum atomic E-state index is -4.56. The highest BCUT2D eigenvalue weighted by atomic mass is 31.2. The van der Waals surface area contributed by atoms with E-state index in [0.29, 0.717) is 23.9 Å². The van der Waals surface area contributed by atoms with E-state index in [4.69, 9.17) is 9.05 Å². The van der Waals surface area contributed by atoms with Crippen molar-refractivity contribution >= 4 is 13.7 Å². The third kappa shape index (κ3) is 44.0. The molecule has 0 aromatic rings. The van der Waals surface area contributed by atoms with Gasteiger partial charge >= 0.3 is 0 Å². The average Bonchev–Trinajstić information content (AvgIpc) is 3.20. The normalized spacial score (nSPS) is 14.8. The maximum atomic E-state index is 12.8. The molecule has 0 radical (unpaired) electrons. The van der Waals surface area contributed by atoms with Crippen LogP contribution in [0.3, 0.4) is 0 Å². The zero-order valence-corrected chi connectivity index (χ0v) is 40.3. The Labute approximate surface area is 370 Å². The van der Waals surface area contributed by atoms with Crippen LogP contribution in [0.1, 0.15) is 194 Å². The number of likely N-dealkylation sites (N-methyl/N-ethyl adjacent to an activating group) is 1. The molecule has 9 heteroatoms. The molecule has 0 aromatic heterocycles. The van der Waals surface area contributed by atoms with Gasteiger partial charge in [-0.2, -0.15) is 0 Å². The van der Waals surface area contributed by atoms with E-state index in [1.54, 1.807) is 0 Å². The van der Waals surface area contributed by atoms with E-state index in [0.717, 1.165) is 77.0 Å². The lowest BCUT2D eigenvalue weighted by molar-refractivity contribution is -0.870. The highest BCUT2D eigenvalue weighted by molar-refractivity contribution is 7.45. The van der Waals surface area contributed by atoms with Gasteiger partial charge in [0.15, 0.2) is 0 Å². The molecule has 0 aliphatic rings. The third-order valence-electron chi connectivity index (χ3n) is 10.5. The van der Waals surface area contributed by atoms with Crippen molar-refractivity contribution in [1.29, 1.82) is 0 Å².